The number of benzene rings is 2. The number of hydrazone groups is 1. The molecule has 3 N–H and O–H groups in total. The van der Waals surface area contributed by atoms with Crippen LogP contribution in [0.1, 0.15) is 23.0 Å². The fourth-order valence-electron chi connectivity index (χ4n) is 3.20. The number of hydrogen-bond donors (Lipinski definition) is 2. The first-order valence-electron chi connectivity index (χ1n) is 10.3. The molecule has 0 aliphatic rings. The van der Waals surface area contributed by atoms with Gasteiger partial charge in [-0.15, -0.1) is 5.10 Å². The number of anilines is 1. The number of nitrogens with one attached hydrogen (secondary N) is 1. The van der Waals surface area contributed by atoms with Gasteiger partial charge in [-0.3, -0.25) is 9.59 Å². The number of nitrogens with zero attached hydrogens (tertiary/aromatic N) is 6. The van der Waals surface area contributed by atoms with Crippen molar-refractivity contribution < 1.29 is 28.4 Å². The molecule has 2 aromatic heterocycles. The van der Waals surface area contributed by atoms with E-state index in [1.54, 1.807) is 36.4 Å². The smallest absolute Gasteiger partial charge is 0.308 e. The third-order valence-electron chi connectivity index (χ3n) is 4.74. The molecule has 0 fully saturated rings. The monoisotopic (exact) mass is 492 g/mol. The zero-order chi connectivity index (χ0) is 25.7. The van der Waals surface area contributed by atoms with Crippen LogP contribution in [0.15, 0.2) is 52.2 Å². The van der Waals surface area contributed by atoms with Crippen molar-refractivity contribution in [3.05, 3.63) is 53.7 Å². The molecule has 0 saturated heterocycles. The van der Waals surface area contributed by atoms with E-state index in [1.165, 1.54) is 27.4 Å². The van der Waals surface area contributed by atoms with Crippen molar-refractivity contribution in [1.82, 2.24) is 30.7 Å². The van der Waals surface area contributed by atoms with E-state index in [9.17, 15) is 9.59 Å². The van der Waals surface area contributed by atoms with E-state index in [0.717, 1.165) is 4.68 Å². The van der Waals surface area contributed by atoms with E-state index < -0.39 is 11.9 Å². The number of nitrogens with two attached hydrogens (primary N) is 1. The molecule has 1 amide bonds. The molecule has 4 rings (SSSR count). The third kappa shape index (κ3) is 4.82. The highest BCUT2D eigenvalue weighted by Crippen LogP contribution is 2.38. The van der Waals surface area contributed by atoms with Gasteiger partial charge in [0.2, 0.25) is 17.4 Å². The SMILES string of the molecule is COc1cc(/C=N\NC(=O)c2c(-c3ccccc3)nnn2-c2nonc2N)cc(OC)c1OC(C)=O. The lowest BCUT2D eigenvalue weighted by Crippen LogP contribution is -2.22. The molecule has 0 saturated carbocycles. The largest absolute Gasteiger partial charge is 0.493 e. The van der Waals surface area contributed by atoms with Crippen LogP contribution in [0, 0.1) is 0 Å². The van der Waals surface area contributed by atoms with Gasteiger partial charge in [-0.1, -0.05) is 35.5 Å². The quantitative estimate of drug-likeness (QED) is 0.158. The number of hydrogen-bond acceptors (Lipinski definition) is 12. The van der Waals surface area contributed by atoms with Gasteiger partial charge in [-0.25, -0.2) is 10.1 Å². The van der Waals surface area contributed by atoms with Gasteiger partial charge in [-0.2, -0.15) is 9.78 Å². The maximum Gasteiger partial charge on any atom is 0.308 e. The van der Waals surface area contributed by atoms with Crippen molar-refractivity contribution in [1.29, 1.82) is 0 Å². The summed E-state index contributed by atoms with van der Waals surface area (Å²) in [7, 11) is 2.82. The van der Waals surface area contributed by atoms with Gasteiger partial charge in [0.05, 0.1) is 20.4 Å². The second-order valence-electron chi connectivity index (χ2n) is 7.08. The Hall–Kier alpha value is -5.27. The minimum absolute atomic E-state index is 0.00103. The van der Waals surface area contributed by atoms with E-state index in [4.69, 9.17) is 19.9 Å². The summed E-state index contributed by atoms with van der Waals surface area (Å²) in [4.78, 5) is 24.6. The zero-order valence-electron chi connectivity index (χ0n) is 19.3. The lowest BCUT2D eigenvalue weighted by molar-refractivity contribution is -0.132. The summed E-state index contributed by atoms with van der Waals surface area (Å²) >= 11 is 0. The summed E-state index contributed by atoms with van der Waals surface area (Å²) < 4.78 is 21.5. The summed E-state index contributed by atoms with van der Waals surface area (Å²) in [6.07, 6.45) is 1.35. The summed E-state index contributed by atoms with van der Waals surface area (Å²) in [5.74, 6) is -0.691. The molecule has 0 spiro atoms. The zero-order valence-corrected chi connectivity index (χ0v) is 19.3. The number of ether oxygens (including phenoxy) is 3. The molecule has 4 aromatic rings. The van der Waals surface area contributed by atoms with Gasteiger partial charge < -0.3 is 19.9 Å². The predicted octanol–water partition coefficient (Wildman–Crippen LogP) is 1.61. The molecule has 0 atom stereocenters. The maximum absolute atomic E-state index is 13.2. The minimum Gasteiger partial charge on any atom is -0.493 e. The molecule has 14 heteroatoms. The number of esters is 1. The molecule has 2 heterocycles. The number of aromatic nitrogens is 5. The number of rotatable bonds is 8. The van der Waals surface area contributed by atoms with Gasteiger partial charge in [0.15, 0.2) is 17.2 Å². The third-order valence-corrected chi connectivity index (χ3v) is 4.74. The van der Waals surface area contributed by atoms with E-state index >= 15 is 0 Å². The summed E-state index contributed by atoms with van der Waals surface area (Å²) in [6.45, 7) is 1.26. The number of methoxy groups -OCH3 is 2. The highest BCUT2D eigenvalue weighted by molar-refractivity contribution is 5.99. The predicted molar refractivity (Wildman–Crippen MR) is 125 cm³/mol. The lowest BCUT2D eigenvalue weighted by atomic mass is 10.1. The molecular weight excluding hydrogens is 472 g/mol. The first-order chi connectivity index (χ1) is 17.4. The Labute approximate surface area is 203 Å². The van der Waals surface area contributed by atoms with Crippen molar-refractivity contribution in [2.24, 2.45) is 5.10 Å². The molecule has 0 unspecified atom stereocenters. The first-order valence-corrected chi connectivity index (χ1v) is 10.3. The highest BCUT2D eigenvalue weighted by atomic mass is 16.6. The van der Waals surface area contributed by atoms with Crippen LogP contribution in [0.5, 0.6) is 17.2 Å². The van der Waals surface area contributed by atoms with Crippen molar-refractivity contribution in [3.63, 3.8) is 0 Å². The van der Waals surface area contributed by atoms with Crippen LogP contribution in [0.2, 0.25) is 0 Å². The average molecular weight is 492 g/mol. The summed E-state index contributed by atoms with van der Waals surface area (Å²) in [5.41, 5.74) is 9.60. The van der Waals surface area contributed by atoms with Crippen LogP contribution in [0.4, 0.5) is 5.82 Å². The number of amides is 1. The molecule has 2 aromatic carbocycles. The molecule has 0 bridgehead atoms. The molecule has 0 aliphatic carbocycles. The van der Waals surface area contributed by atoms with Crippen molar-refractivity contribution in [3.8, 4) is 34.3 Å². The second kappa shape index (κ2) is 10.3. The number of carbonyl (C=O) groups excluding carboxylic acids is 2. The Morgan fingerprint density at radius 3 is 2.39 bits per heavy atom. The Bertz CT molecular complexity index is 1400. The highest BCUT2D eigenvalue weighted by Gasteiger charge is 2.26. The van der Waals surface area contributed by atoms with Crippen LogP contribution < -0.4 is 25.4 Å². The Kier molecular flexibility index (Phi) is 6.85. The van der Waals surface area contributed by atoms with Crippen molar-refractivity contribution in [2.75, 3.05) is 20.0 Å². The van der Waals surface area contributed by atoms with Crippen molar-refractivity contribution in [2.45, 2.75) is 6.92 Å². The maximum atomic E-state index is 13.2. The Morgan fingerprint density at radius 1 is 1.11 bits per heavy atom. The molecule has 36 heavy (non-hydrogen) atoms. The van der Waals surface area contributed by atoms with E-state index in [2.05, 4.69) is 35.8 Å². The van der Waals surface area contributed by atoms with Gasteiger partial charge in [0.1, 0.15) is 5.69 Å². The standard InChI is InChI=1S/C22H20N8O6/c1-12(31)35-19-15(33-2)9-13(10-16(19)34-3)11-24-26-22(32)18-17(14-7-5-4-6-8-14)25-29-30(18)21-20(23)27-36-28-21/h4-11H,1-3H3,(H2,23,27)(H,26,32)/b24-11-. The fraction of sp³-hybridized carbons (Fsp3) is 0.136. The average Bonchev–Trinajstić information content (AvgIpc) is 3.50. The van der Waals surface area contributed by atoms with Gasteiger partial charge >= 0.3 is 5.97 Å². The minimum atomic E-state index is -0.659. The van der Waals surface area contributed by atoms with Gasteiger partial charge in [0, 0.05) is 18.1 Å². The van der Waals surface area contributed by atoms with Gasteiger partial charge in [0.25, 0.3) is 5.91 Å². The van der Waals surface area contributed by atoms with Gasteiger partial charge in [-0.05, 0) is 22.4 Å². The number of nitrogen functional groups attached to an aromatic ring is 1. The molecule has 0 radical (unpaired) electrons. The van der Waals surface area contributed by atoms with Crippen molar-refractivity contribution >= 4 is 23.9 Å². The summed E-state index contributed by atoms with van der Waals surface area (Å²) in [6, 6.07) is 12.1. The first kappa shape index (κ1) is 23.9. The van der Waals surface area contributed by atoms with Crippen LogP contribution in [0.25, 0.3) is 17.1 Å². The Balaban J connectivity index is 1.65. The summed E-state index contributed by atoms with van der Waals surface area (Å²) in [5, 5.41) is 19.3. The molecule has 184 valence electrons. The normalized spacial score (nSPS) is 10.9. The molecular formula is C22H20N8O6. The lowest BCUT2D eigenvalue weighted by Gasteiger charge is -2.13. The van der Waals surface area contributed by atoms with Crippen LogP contribution in [0.3, 0.4) is 0 Å². The fourth-order valence-corrected chi connectivity index (χ4v) is 3.20. The van der Waals surface area contributed by atoms with E-state index in [0.29, 0.717) is 11.1 Å². The topological polar surface area (TPSA) is 182 Å². The second-order valence-corrected chi connectivity index (χ2v) is 7.08. The number of carbonyl (C=O) groups is 2. The van der Waals surface area contributed by atoms with Crippen LogP contribution in [-0.2, 0) is 4.79 Å². The van der Waals surface area contributed by atoms with E-state index in [-0.39, 0.29) is 40.3 Å². The van der Waals surface area contributed by atoms with Crippen LogP contribution >= 0.6 is 0 Å². The molecule has 14 nitrogen and oxygen atoms in total. The van der Waals surface area contributed by atoms with Crippen LogP contribution in [-0.4, -0.2) is 57.6 Å². The Morgan fingerprint density at radius 2 is 1.81 bits per heavy atom. The van der Waals surface area contributed by atoms with E-state index in [1.807, 2.05) is 6.07 Å². The molecule has 0 aliphatic heterocycles.